The van der Waals surface area contributed by atoms with Gasteiger partial charge in [0.25, 0.3) is 0 Å². The summed E-state index contributed by atoms with van der Waals surface area (Å²) < 4.78 is 7.61. The van der Waals surface area contributed by atoms with Crippen molar-refractivity contribution in [2.24, 2.45) is 5.92 Å². The van der Waals surface area contributed by atoms with Crippen LogP contribution in [0.25, 0.3) is 11.2 Å². The van der Waals surface area contributed by atoms with E-state index in [4.69, 9.17) is 16.3 Å². The fourth-order valence-corrected chi connectivity index (χ4v) is 5.20. The number of hydrogen-bond donors (Lipinski definition) is 1. The van der Waals surface area contributed by atoms with Gasteiger partial charge in [0.1, 0.15) is 0 Å². The first-order chi connectivity index (χ1) is 15.2. The van der Waals surface area contributed by atoms with E-state index in [1.807, 2.05) is 6.33 Å². The van der Waals surface area contributed by atoms with Gasteiger partial charge in [-0.3, -0.25) is 0 Å². The van der Waals surface area contributed by atoms with Crippen LogP contribution in [0.5, 0.6) is 0 Å². The Kier molecular flexibility index (Phi) is 8.39. The molecule has 0 atom stereocenters. The molecule has 1 aliphatic heterocycles. The summed E-state index contributed by atoms with van der Waals surface area (Å²) in [5.41, 5.74) is 5.17. The van der Waals surface area contributed by atoms with Gasteiger partial charge < -0.3 is 14.7 Å². The second-order valence-corrected chi connectivity index (χ2v) is 9.38. The Bertz CT molecular complexity index is 814. The highest BCUT2D eigenvalue weighted by molar-refractivity contribution is 6.28. The van der Waals surface area contributed by atoms with Gasteiger partial charge in [-0.25, -0.2) is 9.99 Å². The van der Waals surface area contributed by atoms with Crippen molar-refractivity contribution in [3.63, 3.8) is 0 Å². The first-order valence-electron chi connectivity index (χ1n) is 12.2. The SMILES string of the molecule is CCOCCCCCCC1CCN(Nc2nc(Cl)nc3c2ncn3C2CCCC2)CC1. The molecule has 4 rings (SSSR count). The lowest BCUT2D eigenvalue weighted by Gasteiger charge is -2.32. The zero-order valence-corrected chi connectivity index (χ0v) is 19.6. The molecular formula is C23H37ClN6O. The molecule has 0 bridgehead atoms. The van der Waals surface area contributed by atoms with E-state index in [9.17, 15) is 0 Å². The lowest BCUT2D eigenvalue weighted by atomic mass is 9.92. The van der Waals surface area contributed by atoms with Crippen LogP contribution in [0.1, 0.15) is 83.6 Å². The summed E-state index contributed by atoms with van der Waals surface area (Å²) in [5, 5.41) is 2.56. The highest BCUT2D eigenvalue weighted by Gasteiger charge is 2.24. The molecule has 8 heteroatoms. The second kappa shape index (κ2) is 11.4. The van der Waals surface area contributed by atoms with E-state index in [-0.39, 0.29) is 5.28 Å². The molecule has 0 radical (unpaired) electrons. The number of rotatable bonds is 11. The van der Waals surface area contributed by atoms with Gasteiger partial charge in [-0.1, -0.05) is 38.5 Å². The number of imidazole rings is 1. The zero-order valence-electron chi connectivity index (χ0n) is 18.9. The summed E-state index contributed by atoms with van der Waals surface area (Å²) in [6.45, 7) is 5.87. The number of hydrogen-bond acceptors (Lipinski definition) is 6. The van der Waals surface area contributed by atoms with Crippen molar-refractivity contribution in [3.8, 4) is 0 Å². The molecule has 2 fully saturated rings. The quantitative estimate of drug-likeness (QED) is 0.355. The summed E-state index contributed by atoms with van der Waals surface area (Å²) in [7, 11) is 0. The van der Waals surface area contributed by atoms with Crippen LogP contribution < -0.4 is 5.43 Å². The standard InChI is InChI=1S/C23H37ClN6O/c1-2-31-16-8-4-3-5-9-18-12-14-29(15-13-18)28-21-20-22(27-23(24)26-21)30(17-25-20)19-10-6-7-11-19/h17-19H,2-16H2,1H3,(H,26,27,28). The molecule has 0 aromatic carbocycles. The van der Waals surface area contributed by atoms with E-state index in [0.717, 1.165) is 49.2 Å². The smallest absolute Gasteiger partial charge is 0.226 e. The largest absolute Gasteiger partial charge is 0.382 e. The first-order valence-corrected chi connectivity index (χ1v) is 12.6. The van der Waals surface area contributed by atoms with Crippen LogP contribution in [0.3, 0.4) is 0 Å². The van der Waals surface area contributed by atoms with E-state index >= 15 is 0 Å². The minimum absolute atomic E-state index is 0.286. The molecule has 1 saturated carbocycles. The Morgan fingerprint density at radius 1 is 1.06 bits per heavy atom. The van der Waals surface area contributed by atoms with Crippen molar-refractivity contribution < 1.29 is 4.74 Å². The van der Waals surface area contributed by atoms with Crippen LogP contribution in [0, 0.1) is 5.92 Å². The van der Waals surface area contributed by atoms with Gasteiger partial charge in [-0.15, -0.1) is 0 Å². The van der Waals surface area contributed by atoms with Gasteiger partial charge in [0, 0.05) is 32.3 Å². The zero-order chi connectivity index (χ0) is 21.5. The lowest BCUT2D eigenvalue weighted by molar-refractivity contribution is 0.142. The van der Waals surface area contributed by atoms with Crippen molar-refractivity contribution in [1.29, 1.82) is 0 Å². The molecule has 7 nitrogen and oxygen atoms in total. The summed E-state index contributed by atoms with van der Waals surface area (Å²) in [4.78, 5) is 13.6. The Morgan fingerprint density at radius 3 is 2.61 bits per heavy atom. The molecule has 1 aliphatic carbocycles. The molecular weight excluding hydrogens is 412 g/mol. The van der Waals surface area contributed by atoms with Gasteiger partial charge >= 0.3 is 0 Å². The van der Waals surface area contributed by atoms with Crippen LogP contribution >= 0.6 is 11.6 Å². The average Bonchev–Trinajstić information content (AvgIpc) is 3.44. The van der Waals surface area contributed by atoms with Crippen molar-refractivity contribution in [1.82, 2.24) is 24.5 Å². The molecule has 31 heavy (non-hydrogen) atoms. The monoisotopic (exact) mass is 448 g/mol. The van der Waals surface area contributed by atoms with Gasteiger partial charge in [0.05, 0.1) is 6.33 Å². The number of fused-ring (bicyclic) bond motifs is 1. The molecule has 1 saturated heterocycles. The molecule has 2 aliphatic rings. The van der Waals surface area contributed by atoms with E-state index in [2.05, 4.69) is 36.9 Å². The molecule has 0 amide bonds. The van der Waals surface area contributed by atoms with E-state index in [1.54, 1.807) is 0 Å². The van der Waals surface area contributed by atoms with Crippen molar-refractivity contribution in [3.05, 3.63) is 11.6 Å². The molecule has 0 spiro atoms. The number of hydrazine groups is 1. The average molecular weight is 449 g/mol. The van der Waals surface area contributed by atoms with Crippen LogP contribution in [0.4, 0.5) is 5.82 Å². The van der Waals surface area contributed by atoms with Gasteiger partial charge in [-0.2, -0.15) is 9.97 Å². The maximum absolute atomic E-state index is 6.28. The second-order valence-electron chi connectivity index (χ2n) is 9.05. The number of nitrogens with one attached hydrogen (secondary N) is 1. The van der Waals surface area contributed by atoms with Crippen LogP contribution in [0.15, 0.2) is 6.33 Å². The van der Waals surface area contributed by atoms with Crippen LogP contribution in [0.2, 0.25) is 5.28 Å². The molecule has 2 aromatic rings. The molecule has 1 N–H and O–H groups in total. The van der Waals surface area contributed by atoms with Crippen LogP contribution in [-0.4, -0.2) is 50.8 Å². The Balaban J connectivity index is 1.26. The number of nitrogens with zero attached hydrogens (tertiary/aromatic N) is 5. The predicted molar refractivity (Wildman–Crippen MR) is 125 cm³/mol. The van der Waals surface area contributed by atoms with Crippen molar-refractivity contribution >= 4 is 28.6 Å². The number of unbranched alkanes of at least 4 members (excludes halogenated alkanes) is 3. The lowest BCUT2D eigenvalue weighted by Crippen LogP contribution is -2.38. The van der Waals surface area contributed by atoms with Crippen molar-refractivity contribution in [2.75, 3.05) is 31.7 Å². The van der Waals surface area contributed by atoms with E-state index in [0.29, 0.717) is 6.04 Å². The third-order valence-electron chi connectivity index (χ3n) is 6.85. The first kappa shape index (κ1) is 22.7. The highest BCUT2D eigenvalue weighted by Crippen LogP contribution is 2.33. The fraction of sp³-hybridized carbons (Fsp3) is 0.783. The summed E-state index contributed by atoms with van der Waals surface area (Å²) >= 11 is 6.28. The number of ether oxygens (including phenoxy) is 1. The number of aromatic nitrogens is 4. The minimum atomic E-state index is 0.286. The fourth-order valence-electron chi connectivity index (χ4n) is 5.04. The molecule has 0 unspecified atom stereocenters. The Labute approximate surface area is 190 Å². The minimum Gasteiger partial charge on any atom is -0.382 e. The predicted octanol–water partition coefficient (Wildman–Crippen LogP) is 5.62. The van der Waals surface area contributed by atoms with E-state index in [1.165, 1.54) is 70.6 Å². The van der Waals surface area contributed by atoms with Crippen LogP contribution in [-0.2, 0) is 4.74 Å². The maximum Gasteiger partial charge on any atom is 0.226 e. The van der Waals surface area contributed by atoms with E-state index < -0.39 is 0 Å². The third kappa shape index (κ3) is 6.08. The summed E-state index contributed by atoms with van der Waals surface area (Å²) in [6.07, 6.45) is 15.8. The van der Waals surface area contributed by atoms with Gasteiger partial charge in [0.15, 0.2) is 17.0 Å². The van der Waals surface area contributed by atoms with Gasteiger partial charge in [0.2, 0.25) is 5.28 Å². The maximum atomic E-state index is 6.28. The summed E-state index contributed by atoms with van der Waals surface area (Å²) in [5.74, 6) is 1.57. The normalized spacial score (nSPS) is 18.9. The third-order valence-corrected chi connectivity index (χ3v) is 7.01. The van der Waals surface area contributed by atoms with Crippen molar-refractivity contribution in [2.45, 2.75) is 83.6 Å². The highest BCUT2D eigenvalue weighted by atomic mass is 35.5. The Morgan fingerprint density at radius 2 is 1.84 bits per heavy atom. The van der Waals surface area contributed by atoms with Gasteiger partial charge in [-0.05, 0) is 56.5 Å². The number of halogens is 1. The summed E-state index contributed by atoms with van der Waals surface area (Å²) in [6, 6.07) is 0.485. The topological polar surface area (TPSA) is 68.1 Å². The Hall–Kier alpha value is -1.44. The molecule has 3 heterocycles. The molecule has 2 aromatic heterocycles. The number of piperidine rings is 1. The number of anilines is 1. The molecule has 172 valence electrons.